The lowest BCUT2D eigenvalue weighted by molar-refractivity contribution is -0.00353. The van der Waals surface area contributed by atoms with Gasteiger partial charge in [0.15, 0.2) is 5.65 Å². The van der Waals surface area contributed by atoms with E-state index in [0.29, 0.717) is 12.3 Å². The van der Waals surface area contributed by atoms with Gasteiger partial charge in [0.1, 0.15) is 11.3 Å². The third kappa shape index (κ3) is 4.50. The first-order valence-corrected chi connectivity index (χ1v) is 11.6. The van der Waals surface area contributed by atoms with Gasteiger partial charge in [-0.2, -0.15) is 10.1 Å². The number of fused-ring (bicyclic) bond motifs is 1. The van der Waals surface area contributed by atoms with Crippen molar-refractivity contribution in [3.63, 3.8) is 0 Å². The molecule has 2 aliphatic rings. The van der Waals surface area contributed by atoms with Crippen molar-refractivity contribution >= 4 is 22.6 Å². The Morgan fingerprint density at radius 3 is 2.73 bits per heavy atom. The summed E-state index contributed by atoms with van der Waals surface area (Å²) in [6, 6.07) is 5.49. The molecule has 0 spiro atoms. The lowest BCUT2D eigenvalue weighted by Crippen LogP contribution is -2.26. The van der Waals surface area contributed by atoms with Gasteiger partial charge >= 0.3 is 0 Å². The first-order chi connectivity index (χ1) is 15.9. The Morgan fingerprint density at radius 1 is 1.24 bits per heavy atom. The number of nitrogens with one attached hydrogen (secondary N) is 1. The van der Waals surface area contributed by atoms with Crippen LogP contribution in [0, 0.1) is 0 Å². The molecule has 9 nitrogen and oxygen atoms in total. The molecule has 3 aromatic heterocycles. The Kier molecular flexibility index (Phi) is 5.65. The molecule has 5 rings (SSSR count). The molecule has 1 aliphatic carbocycles. The fraction of sp³-hybridized carbons (Fsp3) is 0.500. The molecular formula is C24H29N5O4. The van der Waals surface area contributed by atoms with E-state index < -0.39 is 5.91 Å². The maximum Gasteiger partial charge on any atom is 0.274 e. The molecule has 0 bridgehead atoms. The van der Waals surface area contributed by atoms with Crippen LogP contribution in [0.1, 0.15) is 68.9 Å². The first-order valence-electron chi connectivity index (χ1n) is 11.6. The van der Waals surface area contributed by atoms with Crippen LogP contribution in [0.25, 0.3) is 11.0 Å². The number of carbonyl (C=O) groups excluding carboxylic acids is 1. The van der Waals surface area contributed by atoms with Crippen LogP contribution in [-0.4, -0.2) is 44.1 Å². The van der Waals surface area contributed by atoms with Crippen molar-refractivity contribution < 1.29 is 14.3 Å². The zero-order chi connectivity index (χ0) is 23.1. The Morgan fingerprint density at radius 2 is 2.03 bits per heavy atom. The van der Waals surface area contributed by atoms with E-state index in [1.807, 2.05) is 24.7 Å². The van der Waals surface area contributed by atoms with E-state index in [9.17, 15) is 9.59 Å². The summed E-state index contributed by atoms with van der Waals surface area (Å²) in [4.78, 5) is 30.5. The summed E-state index contributed by atoms with van der Waals surface area (Å²) in [6.07, 6.45) is 7.65. The Bertz CT molecular complexity index is 1240. The second-order valence-electron chi connectivity index (χ2n) is 9.22. The predicted molar refractivity (Wildman–Crippen MR) is 124 cm³/mol. The average Bonchev–Trinajstić information content (AvgIpc) is 3.54. The molecule has 0 radical (unpaired) electrons. The van der Waals surface area contributed by atoms with Crippen molar-refractivity contribution in [2.45, 2.75) is 70.7 Å². The fourth-order valence-corrected chi connectivity index (χ4v) is 4.13. The van der Waals surface area contributed by atoms with Gasteiger partial charge in [0.25, 0.3) is 11.5 Å². The number of anilines is 1. The van der Waals surface area contributed by atoms with Crippen molar-refractivity contribution in [1.82, 2.24) is 19.3 Å². The molecular weight excluding hydrogens is 422 g/mol. The molecule has 174 valence electrons. The van der Waals surface area contributed by atoms with E-state index in [2.05, 4.69) is 22.3 Å². The first kappa shape index (κ1) is 21.6. The average molecular weight is 452 g/mol. The number of amides is 1. The number of ether oxygens (including phenoxy) is 2. The number of pyridine rings is 2. The highest BCUT2D eigenvalue weighted by atomic mass is 16.5. The number of nitrogens with zero attached hydrogens (tertiary/aromatic N) is 4. The molecule has 1 saturated carbocycles. The molecule has 1 N–H and O–H groups in total. The number of hydrogen-bond acceptors (Lipinski definition) is 6. The van der Waals surface area contributed by atoms with Gasteiger partial charge in [-0.3, -0.25) is 14.3 Å². The molecule has 0 aromatic carbocycles. The van der Waals surface area contributed by atoms with Gasteiger partial charge in [-0.1, -0.05) is 0 Å². The van der Waals surface area contributed by atoms with Gasteiger partial charge in [-0.25, -0.2) is 0 Å². The van der Waals surface area contributed by atoms with Gasteiger partial charge in [0.05, 0.1) is 24.9 Å². The maximum absolute atomic E-state index is 13.2. The molecule has 9 heteroatoms. The van der Waals surface area contributed by atoms with Crippen LogP contribution in [0.4, 0.5) is 5.69 Å². The van der Waals surface area contributed by atoms with Crippen molar-refractivity contribution in [2.75, 3.05) is 11.9 Å². The van der Waals surface area contributed by atoms with Crippen LogP contribution < -0.4 is 15.6 Å². The smallest absolute Gasteiger partial charge is 0.274 e. The predicted octanol–water partition coefficient (Wildman–Crippen LogP) is 3.71. The minimum absolute atomic E-state index is 0.132. The highest BCUT2D eigenvalue weighted by molar-refractivity contribution is 6.07. The zero-order valence-electron chi connectivity index (χ0n) is 19.2. The fourth-order valence-electron chi connectivity index (χ4n) is 4.13. The van der Waals surface area contributed by atoms with E-state index in [0.717, 1.165) is 31.1 Å². The number of rotatable bonds is 6. The lowest BCUT2D eigenvalue weighted by atomic mass is 10.1. The minimum atomic E-state index is -0.437. The SMILES string of the molecule is CC(C)Oc1nc2nn(C3CCC(C)OC3)cc2cc1C(=O)Nc1cccn(C2CC2)c1=O. The summed E-state index contributed by atoms with van der Waals surface area (Å²) < 4.78 is 15.2. The maximum atomic E-state index is 13.2. The molecule has 2 fully saturated rings. The molecule has 1 saturated heterocycles. The largest absolute Gasteiger partial charge is 0.474 e. The van der Waals surface area contributed by atoms with Gasteiger partial charge < -0.3 is 19.4 Å². The highest BCUT2D eigenvalue weighted by Crippen LogP contribution is 2.33. The third-order valence-corrected chi connectivity index (χ3v) is 6.09. The molecule has 4 heterocycles. The minimum Gasteiger partial charge on any atom is -0.474 e. The molecule has 33 heavy (non-hydrogen) atoms. The third-order valence-electron chi connectivity index (χ3n) is 6.09. The van der Waals surface area contributed by atoms with Crippen molar-refractivity contribution in [3.05, 3.63) is 46.5 Å². The molecule has 2 atom stereocenters. The highest BCUT2D eigenvalue weighted by Gasteiger charge is 2.26. The van der Waals surface area contributed by atoms with Gasteiger partial charge in [0.2, 0.25) is 5.88 Å². The summed E-state index contributed by atoms with van der Waals surface area (Å²) >= 11 is 0. The van der Waals surface area contributed by atoms with Gasteiger partial charge in [0, 0.05) is 23.8 Å². The van der Waals surface area contributed by atoms with Crippen LogP contribution in [0.2, 0.25) is 0 Å². The van der Waals surface area contributed by atoms with E-state index >= 15 is 0 Å². The van der Waals surface area contributed by atoms with Gasteiger partial charge in [-0.15, -0.1) is 0 Å². The topological polar surface area (TPSA) is 100 Å². The van der Waals surface area contributed by atoms with Crippen LogP contribution in [-0.2, 0) is 4.74 Å². The Balaban J connectivity index is 1.47. The van der Waals surface area contributed by atoms with Crippen molar-refractivity contribution in [1.29, 1.82) is 0 Å². The van der Waals surface area contributed by atoms with E-state index in [1.165, 1.54) is 0 Å². The zero-order valence-corrected chi connectivity index (χ0v) is 19.2. The van der Waals surface area contributed by atoms with Crippen LogP contribution in [0.5, 0.6) is 5.88 Å². The molecule has 1 amide bonds. The molecule has 2 unspecified atom stereocenters. The van der Waals surface area contributed by atoms with E-state index in [1.54, 1.807) is 29.0 Å². The summed E-state index contributed by atoms with van der Waals surface area (Å²) in [7, 11) is 0. The number of aromatic nitrogens is 4. The number of hydrogen-bond donors (Lipinski definition) is 1. The number of carbonyl (C=O) groups is 1. The lowest BCUT2D eigenvalue weighted by Gasteiger charge is -2.26. The van der Waals surface area contributed by atoms with Crippen molar-refractivity contribution in [2.24, 2.45) is 0 Å². The van der Waals surface area contributed by atoms with E-state index in [-0.39, 0.29) is 47.0 Å². The Hall–Kier alpha value is -3.20. The Labute approximate surface area is 191 Å². The van der Waals surface area contributed by atoms with Crippen LogP contribution in [0.15, 0.2) is 35.4 Å². The van der Waals surface area contributed by atoms with Crippen LogP contribution >= 0.6 is 0 Å². The standard InChI is InChI=1S/C24H29N5O4/c1-14(2)33-23-19(22(30)25-20-5-4-10-28(24(20)31)17-8-9-17)11-16-12-29(27-21(16)26-23)18-7-6-15(3)32-13-18/h4-5,10-12,14-15,17-18H,6-9,13H2,1-3H3,(H,25,30). The molecule has 1 aliphatic heterocycles. The van der Waals surface area contributed by atoms with Crippen molar-refractivity contribution in [3.8, 4) is 5.88 Å². The summed E-state index contributed by atoms with van der Waals surface area (Å²) in [5, 5.41) is 8.12. The summed E-state index contributed by atoms with van der Waals surface area (Å²) in [6.45, 7) is 6.42. The van der Waals surface area contributed by atoms with E-state index in [4.69, 9.17) is 9.47 Å². The van der Waals surface area contributed by atoms with Crippen LogP contribution in [0.3, 0.4) is 0 Å². The monoisotopic (exact) mass is 451 g/mol. The normalized spacial score (nSPS) is 20.8. The second-order valence-corrected chi connectivity index (χ2v) is 9.22. The quantitative estimate of drug-likeness (QED) is 0.613. The second kappa shape index (κ2) is 8.62. The summed E-state index contributed by atoms with van der Waals surface area (Å²) in [5.74, 6) is -0.236. The van der Waals surface area contributed by atoms with Gasteiger partial charge in [-0.05, 0) is 64.7 Å². The molecule has 3 aromatic rings. The summed E-state index contributed by atoms with van der Waals surface area (Å²) in [5.41, 5.74) is 0.823.